The molecule has 2 heteroatoms. The molecule has 1 fully saturated rings. The van der Waals surface area contributed by atoms with Crippen LogP contribution in [0.1, 0.15) is 78.2 Å². The van der Waals surface area contributed by atoms with Crippen LogP contribution in [0.25, 0.3) is 0 Å². The summed E-state index contributed by atoms with van der Waals surface area (Å²) in [5.74, 6) is 0. The Morgan fingerprint density at radius 3 is 2.30 bits per heavy atom. The van der Waals surface area contributed by atoms with E-state index in [1.807, 2.05) is 0 Å². The second kappa shape index (κ2) is 5.96. The molecule has 1 unspecified atom stereocenters. The van der Waals surface area contributed by atoms with Crippen molar-refractivity contribution in [2.24, 2.45) is 16.0 Å². The summed E-state index contributed by atoms with van der Waals surface area (Å²) in [5.41, 5.74) is 2.96. The van der Waals surface area contributed by atoms with E-state index in [4.69, 9.17) is 4.84 Å². The molecule has 126 valence electrons. The van der Waals surface area contributed by atoms with Crippen LogP contribution in [-0.4, -0.2) is 11.3 Å². The molecular formula is C21H31NO. The lowest BCUT2D eigenvalue weighted by Gasteiger charge is -2.38. The topological polar surface area (TPSA) is 21.6 Å². The van der Waals surface area contributed by atoms with E-state index in [0.29, 0.717) is 5.41 Å². The summed E-state index contributed by atoms with van der Waals surface area (Å²) in [5, 5.41) is 4.50. The molecule has 1 aromatic carbocycles. The van der Waals surface area contributed by atoms with Crippen molar-refractivity contribution in [2.45, 2.75) is 78.2 Å². The van der Waals surface area contributed by atoms with Crippen LogP contribution >= 0.6 is 0 Å². The van der Waals surface area contributed by atoms with Gasteiger partial charge in [-0.05, 0) is 48.5 Å². The maximum atomic E-state index is 6.13. The van der Waals surface area contributed by atoms with E-state index in [0.717, 1.165) is 25.0 Å². The van der Waals surface area contributed by atoms with E-state index in [-0.39, 0.29) is 11.0 Å². The summed E-state index contributed by atoms with van der Waals surface area (Å²) in [7, 11) is 0. The summed E-state index contributed by atoms with van der Waals surface area (Å²) >= 11 is 0. The molecule has 0 bridgehead atoms. The second-order valence-electron chi connectivity index (χ2n) is 9.24. The second-order valence-corrected chi connectivity index (χ2v) is 9.24. The van der Waals surface area contributed by atoms with E-state index in [2.05, 4.69) is 63.2 Å². The first kappa shape index (κ1) is 16.5. The Hall–Kier alpha value is -1.31. The molecule has 3 rings (SSSR count). The van der Waals surface area contributed by atoms with Gasteiger partial charge in [0.05, 0.1) is 5.71 Å². The zero-order valence-electron chi connectivity index (χ0n) is 15.2. The van der Waals surface area contributed by atoms with Crippen LogP contribution in [0.2, 0.25) is 0 Å². The number of oxime groups is 1. The van der Waals surface area contributed by atoms with E-state index >= 15 is 0 Å². The van der Waals surface area contributed by atoms with Crippen molar-refractivity contribution in [1.29, 1.82) is 0 Å². The van der Waals surface area contributed by atoms with Crippen LogP contribution < -0.4 is 0 Å². The summed E-state index contributed by atoms with van der Waals surface area (Å²) in [6.45, 7) is 9.67. The average molecular weight is 313 g/mol. The molecule has 1 atom stereocenters. The SMILES string of the molecule is CC1(C)CCCCC2(CC(c3ccccc3)=NO2)CC(C)(C)C1. The molecule has 1 heterocycles. The molecule has 1 aromatic rings. The molecule has 1 aliphatic heterocycles. The van der Waals surface area contributed by atoms with Gasteiger partial charge in [0, 0.05) is 6.42 Å². The third kappa shape index (κ3) is 3.97. The van der Waals surface area contributed by atoms with E-state index < -0.39 is 0 Å². The van der Waals surface area contributed by atoms with Gasteiger partial charge in [-0.3, -0.25) is 0 Å². The van der Waals surface area contributed by atoms with Crippen LogP contribution in [-0.2, 0) is 4.84 Å². The molecule has 0 N–H and O–H groups in total. The first-order chi connectivity index (χ1) is 10.8. The van der Waals surface area contributed by atoms with Crippen molar-refractivity contribution in [2.75, 3.05) is 0 Å². The fourth-order valence-corrected chi connectivity index (χ4v) is 4.99. The summed E-state index contributed by atoms with van der Waals surface area (Å²) in [6, 6.07) is 10.5. The van der Waals surface area contributed by atoms with Crippen molar-refractivity contribution in [3.8, 4) is 0 Å². The van der Waals surface area contributed by atoms with Crippen LogP contribution in [0.4, 0.5) is 0 Å². The molecule has 0 radical (unpaired) electrons. The first-order valence-electron chi connectivity index (χ1n) is 9.10. The highest BCUT2D eigenvalue weighted by atomic mass is 16.7. The minimum absolute atomic E-state index is 0.0882. The molecule has 0 amide bonds. The summed E-state index contributed by atoms with van der Waals surface area (Å²) in [6.07, 6.45) is 8.31. The van der Waals surface area contributed by atoms with Crippen molar-refractivity contribution < 1.29 is 4.84 Å². The van der Waals surface area contributed by atoms with Gasteiger partial charge in [0.2, 0.25) is 0 Å². The Bertz CT molecular complexity index is 573. The number of nitrogens with zero attached hydrogens (tertiary/aromatic N) is 1. The monoisotopic (exact) mass is 313 g/mol. The van der Waals surface area contributed by atoms with Crippen molar-refractivity contribution in [3.05, 3.63) is 35.9 Å². The highest BCUT2D eigenvalue weighted by molar-refractivity contribution is 6.01. The van der Waals surface area contributed by atoms with Crippen molar-refractivity contribution in [1.82, 2.24) is 0 Å². The van der Waals surface area contributed by atoms with Gasteiger partial charge in [0.1, 0.15) is 5.60 Å². The van der Waals surface area contributed by atoms with Gasteiger partial charge in [-0.1, -0.05) is 69.6 Å². The highest BCUT2D eigenvalue weighted by Gasteiger charge is 2.45. The zero-order valence-corrected chi connectivity index (χ0v) is 15.2. The third-order valence-corrected chi connectivity index (χ3v) is 5.44. The largest absolute Gasteiger partial charge is 0.389 e. The smallest absolute Gasteiger partial charge is 0.143 e. The Morgan fingerprint density at radius 1 is 0.870 bits per heavy atom. The van der Waals surface area contributed by atoms with Gasteiger partial charge in [-0.2, -0.15) is 0 Å². The van der Waals surface area contributed by atoms with Crippen molar-refractivity contribution >= 4 is 5.71 Å². The minimum Gasteiger partial charge on any atom is -0.389 e. The van der Waals surface area contributed by atoms with Crippen LogP contribution in [0.3, 0.4) is 0 Å². The summed E-state index contributed by atoms with van der Waals surface area (Å²) in [4.78, 5) is 6.13. The summed E-state index contributed by atoms with van der Waals surface area (Å²) < 4.78 is 0. The van der Waals surface area contributed by atoms with E-state index in [1.165, 1.54) is 31.2 Å². The Labute approximate surface area is 141 Å². The number of rotatable bonds is 1. The molecule has 1 aliphatic carbocycles. The lowest BCUT2D eigenvalue weighted by atomic mass is 9.68. The maximum absolute atomic E-state index is 6.13. The van der Waals surface area contributed by atoms with Gasteiger partial charge in [-0.25, -0.2) is 0 Å². The zero-order chi connectivity index (χ0) is 16.6. The lowest BCUT2D eigenvalue weighted by Crippen LogP contribution is -2.36. The fraction of sp³-hybridized carbons (Fsp3) is 0.667. The highest BCUT2D eigenvalue weighted by Crippen LogP contribution is 2.48. The molecular weight excluding hydrogens is 282 g/mol. The maximum Gasteiger partial charge on any atom is 0.143 e. The fourth-order valence-electron chi connectivity index (χ4n) is 4.99. The number of hydrogen-bond donors (Lipinski definition) is 0. The molecule has 2 nitrogen and oxygen atoms in total. The van der Waals surface area contributed by atoms with E-state index in [1.54, 1.807) is 0 Å². The minimum atomic E-state index is -0.0882. The predicted molar refractivity (Wildman–Crippen MR) is 96.7 cm³/mol. The Balaban J connectivity index is 1.79. The Kier molecular flexibility index (Phi) is 4.29. The van der Waals surface area contributed by atoms with Gasteiger partial charge >= 0.3 is 0 Å². The van der Waals surface area contributed by atoms with Gasteiger partial charge in [0.25, 0.3) is 0 Å². The average Bonchev–Trinajstić information content (AvgIpc) is 2.87. The molecule has 1 saturated carbocycles. The Morgan fingerprint density at radius 2 is 1.57 bits per heavy atom. The lowest BCUT2D eigenvalue weighted by molar-refractivity contribution is -0.0585. The van der Waals surface area contributed by atoms with Gasteiger partial charge in [-0.15, -0.1) is 0 Å². The third-order valence-electron chi connectivity index (χ3n) is 5.44. The standard InChI is InChI=1S/C21H31NO/c1-19(2)12-8-9-13-21(16-20(3,4)15-19)14-18(22-23-21)17-10-6-5-7-11-17/h5-7,10-11H,8-9,12-16H2,1-4H3. The van der Waals surface area contributed by atoms with Crippen LogP contribution in [0.15, 0.2) is 35.5 Å². The molecule has 1 spiro atoms. The quantitative estimate of drug-likeness (QED) is 0.627. The molecule has 2 aliphatic rings. The van der Waals surface area contributed by atoms with E-state index in [9.17, 15) is 0 Å². The van der Waals surface area contributed by atoms with Crippen LogP contribution in [0, 0.1) is 10.8 Å². The molecule has 0 saturated heterocycles. The van der Waals surface area contributed by atoms with Crippen LogP contribution in [0.5, 0.6) is 0 Å². The normalized spacial score (nSPS) is 30.0. The number of benzene rings is 1. The van der Waals surface area contributed by atoms with Gasteiger partial charge in [0.15, 0.2) is 0 Å². The number of hydrogen-bond acceptors (Lipinski definition) is 2. The molecule has 0 aromatic heterocycles. The predicted octanol–water partition coefficient (Wildman–Crippen LogP) is 5.96. The first-order valence-corrected chi connectivity index (χ1v) is 9.10. The van der Waals surface area contributed by atoms with Gasteiger partial charge < -0.3 is 4.84 Å². The molecule has 23 heavy (non-hydrogen) atoms. The van der Waals surface area contributed by atoms with Crippen molar-refractivity contribution in [3.63, 3.8) is 0 Å².